The molecular formula is C24H23N3O3S. The summed E-state index contributed by atoms with van der Waals surface area (Å²) >= 11 is 1.62. The predicted molar refractivity (Wildman–Crippen MR) is 119 cm³/mol. The highest BCUT2D eigenvalue weighted by Gasteiger charge is 2.47. The van der Waals surface area contributed by atoms with E-state index in [4.69, 9.17) is 0 Å². The molecule has 2 heterocycles. The molecule has 1 saturated heterocycles. The third-order valence-electron chi connectivity index (χ3n) is 6.00. The van der Waals surface area contributed by atoms with Gasteiger partial charge < -0.3 is 5.32 Å². The Bertz CT molecular complexity index is 1110. The van der Waals surface area contributed by atoms with Gasteiger partial charge in [-0.05, 0) is 60.8 Å². The number of pyridine rings is 1. The number of nitrogens with one attached hydrogen (secondary N) is 2. The molecule has 1 aromatic heterocycles. The van der Waals surface area contributed by atoms with Crippen molar-refractivity contribution in [3.63, 3.8) is 0 Å². The number of nitrogens with zero attached hydrogens (tertiary/aromatic N) is 1. The van der Waals surface area contributed by atoms with Crippen LogP contribution in [-0.2, 0) is 11.2 Å². The smallest absolute Gasteiger partial charge is 0.313 e. The summed E-state index contributed by atoms with van der Waals surface area (Å²) in [6.45, 7) is 2.02. The molecule has 1 fully saturated rings. The molecule has 1 aliphatic heterocycles. The second-order valence-corrected chi connectivity index (χ2v) is 8.98. The molecule has 31 heavy (non-hydrogen) atoms. The summed E-state index contributed by atoms with van der Waals surface area (Å²) in [5.41, 5.74) is 1.18. The summed E-state index contributed by atoms with van der Waals surface area (Å²) in [6.07, 6.45) is 6.76. The minimum atomic E-state index is -1.32. The van der Waals surface area contributed by atoms with Crippen molar-refractivity contribution >= 4 is 29.5 Å². The van der Waals surface area contributed by atoms with Crippen LogP contribution in [0.25, 0.3) is 0 Å². The molecule has 2 N–H and O–H groups in total. The van der Waals surface area contributed by atoms with E-state index in [1.807, 2.05) is 31.4 Å². The highest BCUT2D eigenvalue weighted by atomic mass is 32.2. The van der Waals surface area contributed by atoms with Gasteiger partial charge in [-0.1, -0.05) is 24.8 Å². The Hall–Kier alpha value is -3.11. The Kier molecular flexibility index (Phi) is 5.84. The summed E-state index contributed by atoms with van der Waals surface area (Å²) < 4.78 is 0. The van der Waals surface area contributed by atoms with Gasteiger partial charge in [-0.25, -0.2) is 4.79 Å². The summed E-state index contributed by atoms with van der Waals surface area (Å²) in [5, 5.41) is 5.03. The maximum atomic E-state index is 12.8. The van der Waals surface area contributed by atoms with Crippen molar-refractivity contribution in [2.75, 3.05) is 6.26 Å². The molecule has 0 radical (unpaired) electrons. The SMILES string of the molecule is CSc1ccc2c(c1)C(=O)CC(C(C)CC1(C#Cc3cccnc3)NC(=O)NC1=O)C2. The number of fused-ring (bicyclic) bond motifs is 1. The van der Waals surface area contributed by atoms with Gasteiger partial charge in [-0.3, -0.25) is 19.9 Å². The van der Waals surface area contributed by atoms with E-state index in [0.717, 1.165) is 22.4 Å². The van der Waals surface area contributed by atoms with Crippen molar-refractivity contribution in [3.8, 4) is 11.8 Å². The van der Waals surface area contributed by atoms with Crippen molar-refractivity contribution in [1.82, 2.24) is 15.6 Å². The molecule has 3 unspecified atom stereocenters. The Morgan fingerprint density at radius 2 is 2.10 bits per heavy atom. The lowest BCUT2D eigenvalue weighted by Gasteiger charge is -2.32. The van der Waals surface area contributed by atoms with Crippen LogP contribution in [0.3, 0.4) is 0 Å². The number of carbonyl (C=O) groups excluding carboxylic acids is 3. The van der Waals surface area contributed by atoms with Crippen LogP contribution in [0.5, 0.6) is 0 Å². The van der Waals surface area contributed by atoms with Gasteiger partial charge >= 0.3 is 6.03 Å². The fourth-order valence-corrected chi connectivity index (χ4v) is 4.70. The number of urea groups is 1. The molecule has 2 aromatic rings. The fraction of sp³-hybridized carbons (Fsp3) is 0.333. The zero-order valence-electron chi connectivity index (χ0n) is 17.4. The molecule has 7 heteroatoms. The summed E-state index contributed by atoms with van der Waals surface area (Å²) in [7, 11) is 0. The van der Waals surface area contributed by atoms with E-state index in [1.165, 1.54) is 0 Å². The minimum absolute atomic E-state index is 0.00956. The van der Waals surface area contributed by atoms with Crippen LogP contribution in [-0.4, -0.2) is 34.5 Å². The molecule has 1 aliphatic carbocycles. The van der Waals surface area contributed by atoms with E-state index in [0.29, 0.717) is 18.4 Å². The summed E-state index contributed by atoms with van der Waals surface area (Å²) in [6, 6.07) is 9.04. The van der Waals surface area contributed by atoms with E-state index < -0.39 is 17.5 Å². The normalized spacial score (nSPS) is 23.3. The number of rotatable bonds is 4. The Balaban J connectivity index is 1.58. The van der Waals surface area contributed by atoms with Crippen molar-refractivity contribution in [1.29, 1.82) is 0 Å². The van der Waals surface area contributed by atoms with E-state index in [2.05, 4.69) is 27.5 Å². The van der Waals surface area contributed by atoms with E-state index >= 15 is 0 Å². The van der Waals surface area contributed by atoms with E-state index in [1.54, 1.807) is 36.3 Å². The van der Waals surface area contributed by atoms with Gasteiger partial charge in [-0.2, -0.15) is 0 Å². The Morgan fingerprint density at radius 1 is 1.26 bits per heavy atom. The largest absolute Gasteiger partial charge is 0.323 e. The number of imide groups is 1. The van der Waals surface area contributed by atoms with Crippen molar-refractivity contribution in [2.24, 2.45) is 11.8 Å². The predicted octanol–water partition coefficient (Wildman–Crippen LogP) is 3.20. The first-order valence-electron chi connectivity index (χ1n) is 10.2. The van der Waals surface area contributed by atoms with Gasteiger partial charge in [0, 0.05) is 34.8 Å². The second-order valence-electron chi connectivity index (χ2n) is 8.10. The van der Waals surface area contributed by atoms with Gasteiger partial charge in [0.1, 0.15) is 0 Å². The third kappa shape index (κ3) is 4.35. The molecule has 0 saturated carbocycles. The van der Waals surface area contributed by atoms with Crippen molar-refractivity contribution < 1.29 is 14.4 Å². The number of Topliss-reactive ketones (excluding diaryl/α,β-unsaturated/α-hetero) is 1. The van der Waals surface area contributed by atoms with Gasteiger partial charge in [-0.15, -0.1) is 11.8 Å². The molecule has 0 bridgehead atoms. The van der Waals surface area contributed by atoms with Crippen LogP contribution in [0.1, 0.15) is 41.3 Å². The number of benzene rings is 1. The van der Waals surface area contributed by atoms with Gasteiger partial charge in [0.05, 0.1) is 0 Å². The summed E-state index contributed by atoms with van der Waals surface area (Å²) in [5.74, 6) is 5.69. The van der Waals surface area contributed by atoms with Crippen molar-refractivity contribution in [2.45, 2.75) is 36.6 Å². The highest BCUT2D eigenvalue weighted by molar-refractivity contribution is 7.98. The fourth-order valence-electron chi connectivity index (χ4n) is 4.26. The van der Waals surface area contributed by atoms with Crippen LogP contribution in [0.15, 0.2) is 47.6 Å². The topological polar surface area (TPSA) is 88.2 Å². The van der Waals surface area contributed by atoms with Gasteiger partial charge in [0.15, 0.2) is 11.3 Å². The minimum Gasteiger partial charge on any atom is -0.313 e. The van der Waals surface area contributed by atoms with Crippen LogP contribution in [0, 0.1) is 23.7 Å². The number of ketones is 1. The first-order valence-corrected chi connectivity index (χ1v) is 11.4. The number of carbonyl (C=O) groups is 3. The number of hydrogen-bond acceptors (Lipinski definition) is 5. The van der Waals surface area contributed by atoms with Crippen LogP contribution in [0.4, 0.5) is 4.79 Å². The molecule has 6 nitrogen and oxygen atoms in total. The van der Waals surface area contributed by atoms with Crippen LogP contribution in [0.2, 0.25) is 0 Å². The maximum absolute atomic E-state index is 12.8. The van der Waals surface area contributed by atoms with Gasteiger partial charge in [0.2, 0.25) is 0 Å². The molecule has 2 aliphatic rings. The standard InChI is InChI=1S/C24H23N3O3S/c1-15(18-10-17-5-6-19(31-2)12-20(17)21(28)11-18)13-24(22(29)26-23(30)27-24)8-7-16-4-3-9-25-14-16/h3-6,9,12,14-15,18H,10-11,13H2,1-2H3,(H2,26,27,29,30). The molecule has 158 valence electrons. The lowest BCUT2D eigenvalue weighted by atomic mass is 9.73. The molecule has 3 amide bonds. The number of amides is 3. The number of thioether (sulfide) groups is 1. The first kappa shape index (κ1) is 21.1. The second kappa shape index (κ2) is 8.56. The van der Waals surface area contributed by atoms with E-state index in [-0.39, 0.29) is 17.6 Å². The van der Waals surface area contributed by atoms with Gasteiger partial charge in [0.25, 0.3) is 5.91 Å². The lowest BCUT2D eigenvalue weighted by Crippen LogP contribution is -2.48. The summed E-state index contributed by atoms with van der Waals surface area (Å²) in [4.78, 5) is 42.6. The Labute approximate surface area is 185 Å². The average Bonchev–Trinajstić information content (AvgIpc) is 3.05. The maximum Gasteiger partial charge on any atom is 0.323 e. The average molecular weight is 434 g/mol. The lowest BCUT2D eigenvalue weighted by molar-refractivity contribution is -0.122. The Morgan fingerprint density at radius 3 is 2.77 bits per heavy atom. The molecule has 4 rings (SSSR count). The molecule has 0 spiro atoms. The number of aromatic nitrogens is 1. The quantitative estimate of drug-likeness (QED) is 0.439. The monoisotopic (exact) mass is 433 g/mol. The van der Waals surface area contributed by atoms with Crippen molar-refractivity contribution in [3.05, 3.63) is 59.4 Å². The third-order valence-corrected chi connectivity index (χ3v) is 6.73. The zero-order valence-corrected chi connectivity index (χ0v) is 18.2. The van der Waals surface area contributed by atoms with Crippen LogP contribution < -0.4 is 10.6 Å². The number of hydrogen-bond donors (Lipinski definition) is 2. The zero-order chi connectivity index (χ0) is 22.0. The molecule has 3 atom stereocenters. The highest BCUT2D eigenvalue weighted by Crippen LogP contribution is 2.36. The molecule has 1 aromatic carbocycles. The van der Waals surface area contributed by atoms with Crippen LogP contribution >= 0.6 is 11.8 Å². The first-order chi connectivity index (χ1) is 14.9. The van der Waals surface area contributed by atoms with E-state index in [9.17, 15) is 14.4 Å². The molecular weight excluding hydrogens is 410 g/mol.